The third-order valence-electron chi connectivity index (χ3n) is 4.73. The molecule has 0 bridgehead atoms. The van der Waals surface area contributed by atoms with Crippen LogP contribution >= 0.6 is 11.3 Å². The Labute approximate surface area is 128 Å². The van der Waals surface area contributed by atoms with E-state index in [4.69, 9.17) is 5.73 Å². The number of nitrogens with zero attached hydrogens (tertiary/aromatic N) is 1. The molecule has 3 rings (SSSR count). The van der Waals surface area contributed by atoms with Gasteiger partial charge in [-0.25, -0.2) is 4.98 Å². The highest BCUT2D eigenvalue weighted by molar-refractivity contribution is 7.21. The number of nitrogen functional groups attached to an aromatic ring is 1. The van der Waals surface area contributed by atoms with E-state index in [1.54, 1.807) is 0 Å². The van der Waals surface area contributed by atoms with Gasteiger partial charge in [0, 0.05) is 17.6 Å². The summed E-state index contributed by atoms with van der Waals surface area (Å²) in [6.07, 6.45) is 4.83. The van der Waals surface area contributed by atoms with Crippen molar-refractivity contribution in [3.8, 4) is 0 Å². The summed E-state index contributed by atoms with van der Waals surface area (Å²) in [5.74, 6) is -0.0621. The number of carbonyl (C=O) groups is 1. The highest BCUT2D eigenvalue weighted by Crippen LogP contribution is 2.43. The maximum atomic E-state index is 12.4. The van der Waals surface area contributed by atoms with Crippen LogP contribution in [0.1, 0.15) is 48.0 Å². The SMILES string of the molecule is CCC1(CNC(=O)c2sc3nc(C)ccc3c2N)CCC1. The van der Waals surface area contributed by atoms with Gasteiger partial charge in [0.2, 0.25) is 0 Å². The predicted molar refractivity (Wildman–Crippen MR) is 87.7 cm³/mol. The van der Waals surface area contributed by atoms with Crippen LogP contribution in [0.4, 0.5) is 5.69 Å². The number of rotatable bonds is 4. The van der Waals surface area contributed by atoms with Crippen LogP contribution in [-0.2, 0) is 0 Å². The fraction of sp³-hybridized carbons (Fsp3) is 0.500. The number of nitrogens with one attached hydrogen (secondary N) is 1. The molecule has 5 heteroatoms. The molecule has 4 nitrogen and oxygen atoms in total. The lowest BCUT2D eigenvalue weighted by atomic mass is 9.67. The molecule has 0 radical (unpaired) electrons. The standard InChI is InChI=1S/C16H21N3OS/c1-3-16(7-4-8-16)9-18-14(20)13-12(17)11-6-5-10(2)19-15(11)21-13/h5-6H,3-4,7-9,17H2,1-2H3,(H,18,20). The number of pyridine rings is 1. The molecule has 0 unspecified atom stereocenters. The van der Waals surface area contributed by atoms with Crippen LogP contribution < -0.4 is 11.1 Å². The van der Waals surface area contributed by atoms with E-state index >= 15 is 0 Å². The van der Waals surface area contributed by atoms with Gasteiger partial charge in [-0.1, -0.05) is 13.3 Å². The summed E-state index contributed by atoms with van der Waals surface area (Å²) in [5.41, 5.74) is 7.93. The van der Waals surface area contributed by atoms with E-state index in [1.807, 2.05) is 19.1 Å². The molecule has 0 saturated heterocycles. The molecule has 0 aliphatic heterocycles. The summed E-state index contributed by atoms with van der Waals surface area (Å²) in [6.45, 7) is 4.89. The minimum Gasteiger partial charge on any atom is -0.397 e. The van der Waals surface area contributed by atoms with E-state index in [-0.39, 0.29) is 5.91 Å². The molecule has 1 saturated carbocycles. The highest BCUT2D eigenvalue weighted by atomic mass is 32.1. The number of carbonyl (C=O) groups excluding carboxylic acids is 1. The number of aryl methyl sites for hydroxylation is 1. The summed E-state index contributed by atoms with van der Waals surface area (Å²) in [7, 11) is 0. The normalized spacial score (nSPS) is 16.7. The van der Waals surface area contributed by atoms with Crippen LogP contribution in [0, 0.1) is 12.3 Å². The minimum absolute atomic E-state index is 0.0621. The third kappa shape index (κ3) is 2.50. The minimum atomic E-state index is -0.0621. The van der Waals surface area contributed by atoms with Crippen LogP contribution in [0.25, 0.3) is 10.2 Å². The zero-order valence-electron chi connectivity index (χ0n) is 12.5. The Morgan fingerprint density at radius 3 is 2.86 bits per heavy atom. The molecule has 0 aromatic carbocycles. The van der Waals surface area contributed by atoms with E-state index in [9.17, 15) is 4.79 Å². The van der Waals surface area contributed by atoms with Crippen LogP contribution in [-0.4, -0.2) is 17.4 Å². The second-order valence-corrected chi connectivity index (χ2v) is 7.04. The molecule has 2 aromatic heterocycles. The van der Waals surface area contributed by atoms with Gasteiger partial charge in [0.05, 0.1) is 5.69 Å². The molecule has 1 fully saturated rings. The molecule has 2 aromatic rings. The van der Waals surface area contributed by atoms with Gasteiger partial charge in [0.25, 0.3) is 5.91 Å². The number of thiophene rings is 1. The molecule has 0 atom stereocenters. The Balaban J connectivity index is 1.80. The lowest BCUT2D eigenvalue weighted by Gasteiger charge is -2.41. The van der Waals surface area contributed by atoms with E-state index < -0.39 is 0 Å². The summed E-state index contributed by atoms with van der Waals surface area (Å²) < 4.78 is 0. The van der Waals surface area contributed by atoms with Crippen molar-refractivity contribution in [2.45, 2.75) is 39.5 Å². The monoisotopic (exact) mass is 303 g/mol. The lowest BCUT2D eigenvalue weighted by molar-refractivity contribution is 0.0854. The van der Waals surface area contributed by atoms with Crippen LogP contribution in [0.15, 0.2) is 12.1 Å². The summed E-state index contributed by atoms with van der Waals surface area (Å²) >= 11 is 1.38. The Morgan fingerprint density at radius 1 is 1.48 bits per heavy atom. The van der Waals surface area contributed by atoms with Gasteiger partial charge in [-0.05, 0) is 43.7 Å². The van der Waals surface area contributed by atoms with Gasteiger partial charge in [0.1, 0.15) is 9.71 Å². The first kappa shape index (κ1) is 14.3. The molecular weight excluding hydrogens is 282 g/mol. The fourth-order valence-corrected chi connectivity index (χ4v) is 3.99. The molecule has 112 valence electrons. The van der Waals surface area contributed by atoms with E-state index in [2.05, 4.69) is 17.2 Å². The largest absolute Gasteiger partial charge is 0.397 e. The van der Waals surface area contributed by atoms with Crippen molar-refractivity contribution < 1.29 is 4.79 Å². The van der Waals surface area contributed by atoms with Gasteiger partial charge in [0.15, 0.2) is 0 Å². The van der Waals surface area contributed by atoms with Crippen LogP contribution in [0.3, 0.4) is 0 Å². The maximum Gasteiger partial charge on any atom is 0.263 e. The van der Waals surface area contributed by atoms with Gasteiger partial charge in [-0.2, -0.15) is 0 Å². The van der Waals surface area contributed by atoms with Crippen LogP contribution in [0.5, 0.6) is 0 Å². The number of anilines is 1. The number of hydrogen-bond acceptors (Lipinski definition) is 4. The number of amides is 1. The second kappa shape index (κ2) is 5.30. The summed E-state index contributed by atoms with van der Waals surface area (Å²) in [5, 5.41) is 3.95. The maximum absolute atomic E-state index is 12.4. The molecule has 1 aliphatic carbocycles. The van der Waals surface area contributed by atoms with Crippen molar-refractivity contribution in [1.82, 2.24) is 10.3 Å². The summed E-state index contributed by atoms with van der Waals surface area (Å²) in [4.78, 5) is 18.3. The highest BCUT2D eigenvalue weighted by Gasteiger charge is 2.35. The average Bonchev–Trinajstić information content (AvgIpc) is 2.74. The third-order valence-corrected chi connectivity index (χ3v) is 5.84. The average molecular weight is 303 g/mol. The second-order valence-electron chi connectivity index (χ2n) is 6.04. The smallest absolute Gasteiger partial charge is 0.263 e. The van der Waals surface area contributed by atoms with Crippen molar-refractivity contribution in [2.24, 2.45) is 5.41 Å². The molecular formula is C16H21N3OS. The van der Waals surface area contributed by atoms with Gasteiger partial charge >= 0.3 is 0 Å². The van der Waals surface area contributed by atoms with E-state index in [0.717, 1.165) is 28.9 Å². The quantitative estimate of drug-likeness (QED) is 0.908. The van der Waals surface area contributed by atoms with Crippen molar-refractivity contribution in [2.75, 3.05) is 12.3 Å². The topological polar surface area (TPSA) is 68.0 Å². The Kier molecular flexibility index (Phi) is 3.61. The first-order valence-corrected chi connectivity index (χ1v) is 8.30. The zero-order valence-corrected chi connectivity index (χ0v) is 13.3. The van der Waals surface area contributed by atoms with Gasteiger partial charge in [-0.15, -0.1) is 11.3 Å². The Bertz CT molecular complexity index is 683. The number of nitrogens with two attached hydrogens (primary N) is 1. The van der Waals surface area contributed by atoms with Gasteiger partial charge < -0.3 is 11.1 Å². The molecule has 1 aliphatic rings. The predicted octanol–water partition coefficient (Wildman–Crippen LogP) is 3.50. The van der Waals surface area contributed by atoms with Crippen molar-refractivity contribution in [3.05, 3.63) is 22.7 Å². The van der Waals surface area contributed by atoms with E-state index in [1.165, 1.54) is 30.6 Å². The Morgan fingerprint density at radius 2 is 2.24 bits per heavy atom. The van der Waals surface area contributed by atoms with Gasteiger partial charge in [-0.3, -0.25) is 4.79 Å². The molecule has 3 N–H and O–H groups in total. The molecule has 2 heterocycles. The number of aromatic nitrogens is 1. The first-order chi connectivity index (χ1) is 10.0. The zero-order chi connectivity index (χ0) is 15.0. The van der Waals surface area contributed by atoms with Crippen LogP contribution in [0.2, 0.25) is 0 Å². The summed E-state index contributed by atoms with van der Waals surface area (Å²) in [6, 6.07) is 3.87. The molecule has 0 spiro atoms. The first-order valence-electron chi connectivity index (χ1n) is 7.48. The van der Waals surface area contributed by atoms with Crippen molar-refractivity contribution in [1.29, 1.82) is 0 Å². The van der Waals surface area contributed by atoms with E-state index in [0.29, 0.717) is 16.0 Å². The number of hydrogen-bond donors (Lipinski definition) is 2. The van der Waals surface area contributed by atoms with Crippen molar-refractivity contribution >= 4 is 33.1 Å². The Hall–Kier alpha value is -1.62. The lowest BCUT2D eigenvalue weighted by Crippen LogP contribution is -2.41. The fourth-order valence-electron chi connectivity index (χ4n) is 2.94. The molecule has 1 amide bonds. The van der Waals surface area contributed by atoms with Crippen molar-refractivity contribution in [3.63, 3.8) is 0 Å². The molecule has 21 heavy (non-hydrogen) atoms. The number of fused-ring (bicyclic) bond motifs is 1.